The Morgan fingerprint density at radius 2 is 1.86 bits per heavy atom. The second kappa shape index (κ2) is 12.0. The van der Waals surface area contributed by atoms with Crippen LogP contribution in [0.15, 0.2) is 36.7 Å². The van der Waals surface area contributed by atoms with Gasteiger partial charge in [0.25, 0.3) is 5.91 Å². The largest absolute Gasteiger partial charge is 0.464 e. The second-order valence-electron chi connectivity index (χ2n) is 8.89. The molecule has 0 bridgehead atoms. The molecule has 1 aromatic carbocycles. The number of aromatic nitrogens is 1. The van der Waals surface area contributed by atoms with Gasteiger partial charge in [-0.05, 0) is 50.6 Å². The second-order valence-corrected chi connectivity index (χ2v) is 9.70. The zero-order valence-electron chi connectivity index (χ0n) is 19.9. The summed E-state index contributed by atoms with van der Waals surface area (Å²) in [5, 5.41) is 9.19. The lowest BCUT2D eigenvalue weighted by Gasteiger charge is -2.36. The van der Waals surface area contributed by atoms with Gasteiger partial charge in [-0.1, -0.05) is 35.3 Å². The van der Waals surface area contributed by atoms with Gasteiger partial charge in [0, 0.05) is 37.1 Å². The van der Waals surface area contributed by atoms with Crippen molar-refractivity contribution in [2.75, 3.05) is 31.6 Å². The van der Waals surface area contributed by atoms with Crippen LogP contribution in [0.25, 0.3) is 0 Å². The van der Waals surface area contributed by atoms with Gasteiger partial charge < -0.3 is 20.7 Å². The first-order valence-electron chi connectivity index (χ1n) is 12.0. The molecule has 2 aliphatic rings. The van der Waals surface area contributed by atoms with Crippen LogP contribution in [0.1, 0.15) is 35.7 Å². The van der Waals surface area contributed by atoms with Crippen molar-refractivity contribution in [3.8, 4) is 0 Å². The summed E-state index contributed by atoms with van der Waals surface area (Å²) in [5.74, 6) is -1.15. The van der Waals surface area contributed by atoms with E-state index in [2.05, 4.69) is 25.8 Å². The quantitative estimate of drug-likeness (QED) is 0.424. The number of hydrogen-bond acceptors (Lipinski definition) is 7. The molecular formula is C25H29Cl2N5O4. The van der Waals surface area contributed by atoms with Crippen molar-refractivity contribution in [3.05, 3.63) is 57.8 Å². The number of ether oxygens (including phenoxy) is 1. The number of carbonyl (C=O) groups is 3. The highest BCUT2D eigenvalue weighted by atomic mass is 35.5. The lowest BCUT2D eigenvalue weighted by atomic mass is 10.0. The molecule has 3 heterocycles. The molecule has 2 amide bonds. The molecule has 11 heteroatoms. The van der Waals surface area contributed by atoms with Crippen LogP contribution in [0.3, 0.4) is 0 Å². The molecule has 36 heavy (non-hydrogen) atoms. The van der Waals surface area contributed by atoms with Crippen molar-refractivity contribution in [2.24, 2.45) is 0 Å². The van der Waals surface area contributed by atoms with Gasteiger partial charge in [0.2, 0.25) is 5.91 Å². The molecule has 1 aromatic heterocycles. The van der Waals surface area contributed by atoms with Crippen molar-refractivity contribution in [1.82, 2.24) is 20.5 Å². The third kappa shape index (κ3) is 6.34. The van der Waals surface area contributed by atoms with Crippen molar-refractivity contribution in [3.63, 3.8) is 0 Å². The predicted octanol–water partition coefficient (Wildman–Crippen LogP) is 2.67. The fourth-order valence-electron chi connectivity index (χ4n) is 4.39. The molecular weight excluding hydrogens is 505 g/mol. The number of anilines is 1. The number of likely N-dealkylation sites (tertiary alicyclic amines) is 1. The monoisotopic (exact) mass is 533 g/mol. The molecule has 3 N–H and O–H groups in total. The summed E-state index contributed by atoms with van der Waals surface area (Å²) >= 11 is 12.1. The normalized spacial score (nSPS) is 20.3. The highest BCUT2D eigenvalue weighted by Gasteiger charge is 2.36. The summed E-state index contributed by atoms with van der Waals surface area (Å²) in [6.45, 7) is 4.86. The summed E-state index contributed by atoms with van der Waals surface area (Å²) < 4.78 is 5.20. The minimum absolute atomic E-state index is 0.138. The van der Waals surface area contributed by atoms with Gasteiger partial charge in [0.1, 0.15) is 6.04 Å². The number of hydrogen-bond donors (Lipinski definition) is 3. The van der Waals surface area contributed by atoms with Gasteiger partial charge >= 0.3 is 5.97 Å². The number of carbonyl (C=O) groups excluding carboxylic acids is 3. The first kappa shape index (κ1) is 26.3. The molecule has 0 radical (unpaired) electrons. The third-order valence-corrected chi connectivity index (χ3v) is 7.02. The summed E-state index contributed by atoms with van der Waals surface area (Å²) in [5.41, 5.74) is 1.46. The Bertz CT molecular complexity index is 1090. The van der Waals surface area contributed by atoms with Crippen LogP contribution in [-0.2, 0) is 20.7 Å². The van der Waals surface area contributed by atoms with E-state index in [0.29, 0.717) is 11.7 Å². The Morgan fingerprint density at radius 3 is 2.47 bits per heavy atom. The van der Waals surface area contributed by atoms with E-state index in [1.807, 2.05) is 0 Å². The molecule has 0 spiro atoms. The van der Waals surface area contributed by atoms with E-state index in [4.69, 9.17) is 27.9 Å². The molecule has 2 aliphatic heterocycles. The highest BCUT2D eigenvalue weighted by molar-refractivity contribution is 6.40. The Morgan fingerprint density at radius 1 is 1.17 bits per heavy atom. The maximum Gasteiger partial charge on any atom is 0.328 e. The molecule has 2 saturated heterocycles. The van der Waals surface area contributed by atoms with Gasteiger partial charge in [0.05, 0.1) is 28.3 Å². The number of pyridine rings is 1. The molecule has 3 atom stereocenters. The first-order chi connectivity index (χ1) is 17.4. The van der Waals surface area contributed by atoms with E-state index in [1.54, 1.807) is 31.2 Å². The number of nitrogens with one attached hydrogen (secondary N) is 3. The van der Waals surface area contributed by atoms with E-state index in [1.165, 1.54) is 18.8 Å². The molecule has 2 aromatic rings. The van der Waals surface area contributed by atoms with Crippen molar-refractivity contribution >= 4 is 46.7 Å². The molecule has 4 rings (SSSR count). The van der Waals surface area contributed by atoms with Crippen molar-refractivity contribution in [1.29, 1.82) is 0 Å². The van der Waals surface area contributed by atoms with Gasteiger partial charge in [-0.25, -0.2) is 4.79 Å². The van der Waals surface area contributed by atoms with E-state index in [-0.39, 0.29) is 40.6 Å². The van der Waals surface area contributed by atoms with Gasteiger partial charge in [-0.15, -0.1) is 0 Å². The molecule has 0 unspecified atom stereocenters. The number of halogens is 2. The number of rotatable bonds is 9. The van der Waals surface area contributed by atoms with Gasteiger partial charge in [0.15, 0.2) is 0 Å². The number of esters is 1. The minimum Gasteiger partial charge on any atom is -0.464 e. The maximum absolute atomic E-state index is 12.9. The van der Waals surface area contributed by atoms with Gasteiger partial charge in [-0.2, -0.15) is 0 Å². The Balaban J connectivity index is 1.37. The Kier molecular flexibility index (Phi) is 8.79. The first-order valence-corrected chi connectivity index (χ1v) is 12.7. The average molecular weight is 534 g/mol. The number of benzene rings is 1. The van der Waals surface area contributed by atoms with Crippen LogP contribution in [0.5, 0.6) is 0 Å². The third-order valence-electron chi connectivity index (χ3n) is 6.45. The van der Waals surface area contributed by atoms with E-state index < -0.39 is 17.9 Å². The average Bonchev–Trinajstić information content (AvgIpc) is 3.28. The van der Waals surface area contributed by atoms with Gasteiger partial charge in [-0.3, -0.25) is 19.5 Å². The zero-order valence-corrected chi connectivity index (χ0v) is 21.4. The van der Waals surface area contributed by atoms with Crippen LogP contribution >= 0.6 is 23.2 Å². The predicted molar refractivity (Wildman–Crippen MR) is 137 cm³/mol. The molecule has 0 saturated carbocycles. The highest BCUT2D eigenvalue weighted by Crippen LogP contribution is 2.24. The van der Waals surface area contributed by atoms with Crippen LogP contribution in [-0.4, -0.2) is 72.0 Å². The number of nitrogens with zero attached hydrogens (tertiary/aromatic N) is 2. The fourth-order valence-corrected chi connectivity index (χ4v) is 4.93. The Hall–Kier alpha value is -2.72. The van der Waals surface area contributed by atoms with Crippen LogP contribution in [0.2, 0.25) is 10.0 Å². The molecule has 2 fully saturated rings. The SMILES string of the molecule is CCOC(=O)[C@H](Cc1ccc(NC(=O)c2c(Cl)cncc2Cl)cc1)NC(=O)[C@@H]1C[C@H](N2CCC2)CN1. The van der Waals surface area contributed by atoms with Crippen LogP contribution < -0.4 is 16.0 Å². The Labute approximate surface area is 219 Å². The summed E-state index contributed by atoms with van der Waals surface area (Å²) in [6.07, 6.45) is 4.87. The standard InChI is InChI=1S/C25H29Cl2N5O4/c1-2-36-25(35)21(31-23(33)20-11-17(12-29-20)32-8-3-9-32)10-15-4-6-16(7-5-15)30-24(34)22-18(26)13-28-14-19(22)27/h4-7,13-14,17,20-21,29H,2-3,8-12H2,1H3,(H,30,34)(H,31,33)/t17-,20-,21-/m0/s1. The molecule has 9 nitrogen and oxygen atoms in total. The van der Waals surface area contributed by atoms with Crippen LogP contribution in [0, 0.1) is 0 Å². The summed E-state index contributed by atoms with van der Waals surface area (Å²) in [4.78, 5) is 44.3. The smallest absolute Gasteiger partial charge is 0.328 e. The lowest BCUT2D eigenvalue weighted by Crippen LogP contribution is -2.49. The maximum atomic E-state index is 12.9. The topological polar surface area (TPSA) is 113 Å². The van der Waals surface area contributed by atoms with E-state index >= 15 is 0 Å². The van der Waals surface area contributed by atoms with E-state index in [0.717, 1.165) is 31.6 Å². The fraction of sp³-hybridized carbons (Fsp3) is 0.440. The zero-order chi connectivity index (χ0) is 25.7. The summed E-state index contributed by atoms with van der Waals surface area (Å²) in [6, 6.07) is 6.16. The van der Waals surface area contributed by atoms with Crippen molar-refractivity contribution < 1.29 is 19.1 Å². The van der Waals surface area contributed by atoms with E-state index in [9.17, 15) is 14.4 Å². The van der Waals surface area contributed by atoms with Crippen molar-refractivity contribution in [2.45, 2.75) is 44.3 Å². The lowest BCUT2D eigenvalue weighted by molar-refractivity contribution is -0.147. The molecule has 192 valence electrons. The minimum atomic E-state index is -0.822. The number of amides is 2. The van der Waals surface area contributed by atoms with Crippen LogP contribution in [0.4, 0.5) is 5.69 Å². The molecule has 0 aliphatic carbocycles. The summed E-state index contributed by atoms with van der Waals surface area (Å²) in [7, 11) is 0.